The van der Waals surface area contributed by atoms with E-state index in [2.05, 4.69) is 4.98 Å². The fraction of sp³-hybridized carbons (Fsp3) is 0.286. The number of pyridine rings is 1. The number of alkyl halides is 2. The molecule has 6 heteroatoms. The van der Waals surface area contributed by atoms with E-state index >= 15 is 0 Å². The maximum atomic E-state index is 12.3. The lowest BCUT2D eigenvalue weighted by molar-refractivity contribution is 0.149. The highest BCUT2D eigenvalue weighted by atomic mass is 127. The summed E-state index contributed by atoms with van der Waals surface area (Å²) in [5, 5.41) is 9.34. The van der Waals surface area contributed by atoms with Gasteiger partial charge >= 0.3 is 0 Å². The summed E-state index contributed by atoms with van der Waals surface area (Å²) in [5.41, 5.74) is 5.19. The van der Waals surface area contributed by atoms with Crippen molar-refractivity contribution in [2.45, 2.75) is 13.0 Å². The molecule has 13 heavy (non-hydrogen) atoms. The fourth-order valence-electron chi connectivity index (χ4n) is 0.830. The zero-order valence-corrected chi connectivity index (χ0v) is 8.62. The first-order valence-corrected chi connectivity index (χ1v) is 4.50. The van der Waals surface area contributed by atoms with Gasteiger partial charge in [-0.15, -0.1) is 0 Å². The third-order valence-corrected chi connectivity index (χ3v) is 2.66. The van der Waals surface area contributed by atoms with E-state index in [4.69, 9.17) is 5.73 Å². The summed E-state index contributed by atoms with van der Waals surface area (Å²) in [6, 6.07) is 0. The topological polar surface area (TPSA) is 59.1 Å². The molecule has 1 aromatic heterocycles. The molecule has 0 bridgehead atoms. The first-order valence-electron chi connectivity index (χ1n) is 3.42. The second-order valence-electron chi connectivity index (χ2n) is 2.33. The quantitative estimate of drug-likeness (QED) is 0.819. The van der Waals surface area contributed by atoms with Gasteiger partial charge in [0.05, 0.1) is 14.8 Å². The predicted molar refractivity (Wildman–Crippen MR) is 51.5 cm³/mol. The third kappa shape index (κ3) is 2.05. The minimum Gasteiger partial charge on any atom is -0.505 e. The lowest BCUT2D eigenvalue weighted by atomic mass is 10.2. The van der Waals surface area contributed by atoms with Gasteiger partial charge in [0.1, 0.15) is 0 Å². The number of hydrogen-bond acceptors (Lipinski definition) is 3. The van der Waals surface area contributed by atoms with Crippen molar-refractivity contribution in [3.63, 3.8) is 0 Å². The van der Waals surface area contributed by atoms with Crippen LogP contribution in [0.15, 0.2) is 6.20 Å². The molecule has 0 aliphatic heterocycles. The highest BCUT2D eigenvalue weighted by molar-refractivity contribution is 14.1. The molecule has 0 spiro atoms. The Labute approximate surface area is 87.1 Å². The molecule has 0 fully saturated rings. The highest BCUT2D eigenvalue weighted by Gasteiger charge is 2.17. The molecule has 1 rings (SSSR count). The summed E-state index contributed by atoms with van der Waals surface area (Å²) >= 11 is 1.64. The van der Waals surface area contributed by atoms with Gasteiger partial charge in [-0.05, 0) is 22.6 Å². The Hall–Kier alpha value is -0.500. The summed E-state index contributed by atoms with van der Waals surface area (Å²) in [6.07, 6.45) is -1.59. The zero-order valence-electron chi connectivity index (χ0n) is 6.47. The van der Waals surface area contributed by atoms with Gasteiger partial charge in [-0.1, -0.05) is 0 Å². The Bertz CT molecular complexity index is 320. The number of nitrogens with two attached hydrogens (primary N) is 1. The third-order valence-electron chi connectivity index (χ3n) is 1.52. The normalized spacial score (nSPS) is 10.8. The van der Waals surface area contributed by atoms with Crippen molar-refractivity contribution < 1.29 is 13.9 Å². The fourth-order valence-corrected chi connectivity index (χ4v) is 1.52. The van der Waals surface area contributed by atoms with Crippen LogP contribution in [-0.4, -0.2) is 10.1 Å². The van der Waals surface area contributed by atoms with Crippen molar-refractivity contribution >= 4 is 22.6 Å². The number of hydrogen-bond donors (Lipinski definition) is 2. The minimum atomic E-state index is -2.63. The van der Waals surface area contributed by atoms with Gasteiger partial charge in [0.25, 0.3) is 6.43 Å². The molecular formula is C7H7F2IN2O. The van der Waals surface area contributed by atoms with Crippen molar-refractivity contribution in [2.24, 2.45) is 5.73 Å². The first-order chi connectivity index (χ1) is 6.07. The number of rotatable bonds is 2. The Morgan fingerprint density at radius 3 is 2.69 bits per heavy atom. The molecule has 72 valence electrons. The van der Waals surface area contributed by atoms with E-state index < -0.39 is 6.43 Å². The van der Waals surface area contributed by atoms with Gasteiger partial charge < -0.3 is 10.8 Å². The molecule has 0 aromatic carbocycles. The SMILES string of the molecule is NCc1ncc(C(F)F)c(I)c1O. The Morgan fingerprint density at radius 2 is 2.23 bits per heavy atom. The Morgan fingerprint density at radius 1 is 1.62 bits per heavy atom. The molecule has 0 saturated heterocycles. The molecule has 1 aromatic rings. The standard InChI is InChI=1S/C7H7F2IN2O/c8-7(9)3-2-12-4(1-11)6(13)5(3)10/h2,7,13H,1,11H2. The van der Waals surface area contributed by atoms with Crippen molar-refractivity contribution in [1.29, 1.82) is 0 Å². The first kappa shape index (κ1) is 10.6. The van der Waals surface area contributed by atoms with E-state index in [-0.39, 0.29) is 27.1 Å². The van der Waals surface area contributed by atoms with Crippen molar-refractivity contribution in [3.05, 3.63) is 21.0 Å². The van der Waals surface area contributed by atoms with E-state index in [1.807, 2.05) is 0 Å². The van der Waals surface area contributed by atoms with Crippen LogP contribution in [0.2, 0.25) is 0 Å². The van der Waals surface area contributed by atoms with Crippen LogP contribution in [0.3, 0.4) is 0 Å². The zero-order chi connectivity index (χ0) is 10.0. The lowest BCUT2D eigenvalue weighted by Crippen LogP contribution is -2.03. The van der Waals surface area contributed by atoms with Gasteiger partial charge in [0, 0.05) is 12.7 Å². The molecule has 0 aliphatic rings. The van der Waals surface area contributed by atoms with Gasteiger partial charge in [0.2, 0.25) is 0 Å². The maximum absolute atomic E-state index is 12.3. The van der Waals surface area contributed by atoms with E-state index in [0.29, 0.717) is 0 Å². The van der Waals surface area contributed by atoms with Crippen LogP contribution in [0.1, 0.15) is 17.7 Å². The van der Waals surface area contributed by atoms with Crippen LogP contribution in [-0.2, 0) is 6.54 Å². The van der Waals surface area contributed by atoms with Crippen LogP contribution >= 0.6 is 22.6 Å². The molecule has 3 N–H and O–H groups in total. The summed E-state index contributed by atoms with van der Waals surface area (Å²) in [4.78, 5) is 3.62. The number of halogens is 3. The second-order valence-corrected chi connectivity index (χ2v) is 3.41. The monoisotopic (exact) mass is 300 g/mol. The molecule has 0 unspecified atom stereocenters. The van der Waals surface area contributed by atoms with E-state index in [1.165, 1.54) is 0 Å². The Balaban J connectivity index is 3.23. The van der Waals surface area contributed by atoms with Crippen LogP contribution in [0.4, 0.5) is 8.78 Å². The van der Waals surface area contributed by atoms with E-state index in [1.54, 1.807) is 22.6 Å². The van der Waals surface area contributed by atoms with Crippen LogP contribution in [0.5, 0.6) is 5.75 Å². The van der Waals surface area contributed by atoms with E-state index in [9.17, 15) is 13.9 Å². The average molecular weight is 300 g/mol. The summed E-state index contributed by atoms with van der Waals surface area (Å²) in [7, 11) is 0. The number of aromatic nitrogens is 1. The largest absolute Gasteiger partial charge is 0.505 e. The molecule has 0 radical (unpaired) electrons. The van der Waals surface area contributed by atoms with Crippen molar-refractivity contribution in [3.8, 4) is 5.75 Å². The van der Waals surface area contributed by atoms with Crippen molar-refractivity contribution in [2.75, 3.05) is 0 Å². The molecule has 3 nitrogen and oxygen atoms in total. The lowest BCUT2D eigenvalue weighted by Gasteiger charge is -2.07. The maximum Gasteiger partial charge on any atom is 0.266 e. The molecule has 0 amide bonds. The summed E-state index contributed by atoms with van der Waals surface area (Å²) in [5.74, 6) is -0.249. The number of nitrogens with zero attached hydrogens (tertiary/aromatic N) is 1. The minimum absolute atomic E-state index is 0.0331. The second kappa shape index (κ2) is 4.14. The smallest absolute Gasteiger partial charge is 0.266 e. The molecular weight excluding hydrogens is 293 g/mol. The molecule has 0 atom stereocenters. The molecule has 0 aliphatic carbocycles. The van der Waals surface area contributed by atoms with Crippen LogP contribution < -0.4 is 5.73 Å². The van der Waals surface area contributed by atoms with E-state index in [0.717, 1.165) is 6.20 Å². The van der Waals surface area contributed by atoms with Gasteiger partial charge in [0.15, 0.2) is 5.75 Å². The number of aromatic hydroxyl groups is 1. The van der Waals surface area contributed by atoms with Gasteiger partial charge in [-0.3, -0.25) is 4.98 Å². The predicted octanol–water partition coefficient (Wildman–Crippen LogP) is 1.79. The summed E-state index contributed by atoms with van der Waals surface area (Å²) < 4.78 is 24.6. The molecule has 1 heterocycles. The average Bonchev–Trinajstić information content (AvgIpc) is 2.09. The van der Waals surface area contributed by atoms with Gasteiger partial charge in [-0.2, -0.15) is 0 Å². The van der Waals surface area contributed by atoms with Crippen molar-refractivity contribution in [1.82, 2.24) is 4.98 Å². The Kier molecular flexibility index (Phi) is 3.37. The van der Waals surface area contributed by atoms with Crippen LogP contribution in [0, 0.1) is 3.57 Å². The summed E-state index contributed by atoms with van der Waals surface area (Å²) in [6.45, 7) is 0.0331. The molecule has 0 saturated carbocycles. The van der Waals surface area contributed by atoms with Gasteiger partial charge in [-0.25, -0.2) is 8.78 Å². The van der Waals surface area contributed by atoms with Crippen LogP contribution in [0.25, 0.3) is 0 Å². The highest BCUT2D eigenvalue weighted by Crippen LogP contribution is 2.31.